The topological polar surface area (TPSA) is 18.5 Å². The van der Waals surface area contributed by atoms with Crippen molar-refractivity contribution in [3.8, 4) is 0 Å². The van der Waals surface area contributed by atoms with E-state index in [0.29, 0.717) is 11.8 Å². The molecule has 158 valence electrons. The van der Waals surface area contributed by atoms with E-state index in [4.69, 9.17) is 9.47 Å². The molecule has 0 atom stereocenters. The lowest BCUT2D eigenvalue weighted by molar-refractivity contribution is -0.229. The van der Waals surface area contributed by atoms with E-state index in [2.05, 4.69) is 38.1 Å². The molecule has 0 amide bonds. The van der Waals surface area contributed by atoms with Gasteiger partial charge in [0.15, 0.2) is 6.29 Å². The van der Waals surface area contributed by atoms with Gasteiger partial charge in [-0.3, -0.25) is 0 Å². The van der Waals surface area contributed by atoms with Crippen LogP contribution in [-0.2, 0) is 15.9 Å². The minimum atomic E-state index is 0.0596. The third-order valence-corrected chi connectivity index (χ3v) is 6.89. The van der Waals surface area contributed by atoms with Gasteiger partial charge < -0.3 is 9.47 Å². The molecular formula is C26H42O2. The van der Waals surface area contributed by atoms with Crippen LogP contribution in [0.5, 0.6) is 0 Å². The van der Waals surface area contributed by atoms with Crippen molar-refractivity contribution in [3.05, 3.63) is 35.4 Å². The lowest BCUT2D eigenvalue weighted by atomic mass is 9.78. The SMILES string of the molecule is CCCCCc1ccc([C@H]2CC[C@H]([C@H]3OC[C@H](CCCCC)CO3)CC2)cc1. The molecule has 2 fully saturated rings. The molecule has 0 unspecified atom stereocenters. The molecule has 0 N–H and O–H groups in total. The Balaban J connectivity index is 1.38. The van der Waals surface area contributed by atoms with Crippen molar-refractivity contribution in [2.24, 2.45) is 11.8 Å². The van der Waals surface area contributed by atoms with Gasteiger partial charge in [-0.25, -0.2) is 0 Å². The first-order valence-electron chi connectivity index (χ1n) is 12.1. The predicted molar refractivity (Wildman–Crippen MR) is 118 cm³/mol. The van der Waals surface area contributed by atoms with Crippen LogP contribution in [0.1, 0.15) is 102 Å². The van der Waals surface area contributed by atoms with Crippen molar-refractivity contribution in [1.82, 2.24) is 0 Å². The van der Waals surface area contributed by atoms with Crippen molar-refractivity contribution in [2.45, 2.75) is 103 Å². The molecule has 1 saturated carbocycles. The average Bonchev–Trinajstić information content (AvgIpc) is 2.75. The van der Waals surface area contributed by atoms with Crippen LogP contribution >= 0.6 is 0 Å². The summed E-state index contributed by atoms with van der Waals surface area (Å²) in [4.78, 5) is 0. The zero-order valence-corrected chi connectivity index (χ0v) is 18.3. The summed E-state index contributed by atoms with van der Waals surface area (Å²) in [6.07, 6.45) is 15.5. The van der Waals surface area contributed by atoms with Crippen molar-refractivity contribution in [3.63, 3.8) is 0 Å². The van der Waals surface area contributed by atoms with E-state index in [1.807, 2.05) is 0 Å². The van der Waals surface area contributed by atoms with Crippen molar-refractivity contribution in [2.75, 3.05) is 13.2 Å². The van der Waals surface area contributed by atoms with Gasteiger partial charge in [0.2, 0.25) is 0 Å². The van der Waals surface area contributed by atoms with Gasteiger partial charge in [0, 0.05) is 11.8 Å². The van der Waals surface area contributed by atoms with Crippen molar-refractivity contribution >= 4 is 0 Å². The van der Waals surface area contributed by atoms with E-state index < -0.39 is 0 Å². The van der Waals surface area contributed by atoms with Crippen molar-refractivity contribution in [1.29, 1.82) is 0 Å². The minimum absolute atomic E-state index is 0.0596. The Morgan fingerprint density at radius 3 is 2.07 bits per heavy atom. The second-order valence-corrected chi connectivity index (χ2v) is 9.21. The van der Waals surface area contributed by atoms with Crippen molar-refractivity contribution < 1.29 is 9.47 Å². The highest BCUT2D eigenvalue weighted by Crippen LogP contribution is 2.39. The summed E-state index contributed by atoms with van der Waals surface area (Å²) in [5.74, 6) is 1.95. The van der Waals surface area contributed by atoms with E-state index in [1.165, 1.54) is 82.6 Å². The number of benzene rings is 1. The zero-order valence-electron chi connectivity index (χ0n) is 18.3. The second kappa shape index (κ2) is 12.0. The molecular weight excluding hydrogens is 344 g/mol. The molecule has 1 heterocycles. The lowest BCUT2D eigenvalue weighted by Crippen LogP contribution is -2.38. The Kier molecular flexibility index (Phi) is 9.34. The van der Waals surface area contributed by atoms with Crippen LogP contribution in [0.4, 0.5) is 0 Å². The fourth-order valence-corrected chi connectivity index (χ4v) is 4.94. The Morgan fingerprint density at radius 1 is 0.786 bits per heavy atom. The number of rotatable bonds is 10. The van der Waals surface area contributed by atoms with Gasteiger partial charge in [0.1, 0.15) is 0 Å². The molecule has 3 rings (SSSR count). The molecule has 1 aliphatic heterocycles. The van der Waals surface area contributed by atoms with Gasteiger partial charge in [-0.2, -0.15) is 0 Å². The van der Waals surface area contributed by atoms with Gasteiger partial charge in [-0.05, 0) is 62.0 Å². The van der Waals surface area contributed by atoms with E-state index in [-0.39, 0.29) is 6.29 Å². The highest BCUT2D eigenvalue weighted by atomic mass is 16.7. The van der Waals surface area contributed by atoms with Crippen LogP contribution in [0.3, 0.4) is 0 Å². The maximum absolute atomic E-state index is 6.14. The molecule has 0 spiro atoms. The third kappa shape index (κ3) is 6.59. The second-order valence-electron chi connectivity index (χ2n) is 9.21. The maximum Gasteiger partial charge on any atom is 0.160 e. The normalized spacial score (nSPS) is 28.4. The summed E-state index contributed by atoms with van der Waals surface area (Å²) in [6, 6.07) is 9.51. The summed E-state index contributed by atoms with van der Waals surface area (Å²) in [5.41, 5.74) is 3.04. The van der Waals surface area contributed by atoms with Gasteiger partial charge >= 0.3 is 0 Å². The predicted octanol–water partition coefficient (Wildman–Crippen LogP) is 7.26. The summed E-state index contributed by atoms with van der Waals surface area (Å²) in [5, 5.41) is 0. The Bertz CT molecular complexity index is 522. The summed E-state index contributed by atoms with van der Waals surface area (Å²) in [7, 11) is 0. The molecule has 2 nitrogen and oxygen atoms in total. The first-order valence-corrected chi connectivity index (χ1v) is 12.1. The molecule has 0 bridgehead atoms. The maximum atomic E-state index is 6.14. The van der Waals surface area contributed by atoms with E-state index >= 15 is 0 Å². The van der Waals surface area contributed by atoms with Gasteiger partial charge in [-0.1, -0.05) is 70.2 Å². The van der Waals surface area contributed by atoms with E-state index in [1.54, 1.807) is 5.56 Å². The lowest BCUT2D eigenvalue weighted by Gasteiger charge is -2.37. The Hall–Kier alpha value is -0.860. The number of aryl methyl sites for hydroxylation is 1. The monoisotopic (exact) mass is 386 g/mol. The first-order chi connectivity index (χ1) is 13.8. The van der Waals surface area contributed by atoms with Gasteiger partial charge in [0.25, 0.3) is 0 Å². The van der Waals surface area contributed by atoms with Crippen LogP contribution in [-0.4, -0.2) is 19.5 Å². The first kappa shape index (κ1) is 21.8. The summed E-state index contributed by atoms with van der Waals surface area (Å²) in [6.45, 7) is 6.36. The molecule has 0 aromatic heterocycles. The fourth-order valence-electron chi connectivity index (χ4n) is 4.94. The zero-order chi connectivity index (χ0) is 19.6. The largest absolute Gasteiger partial charge is 0.352 e. The molecule has 1 aliphatic carbocycles. The molecule has 1 saturated heterocycles. The van der Waals surface area contributed by atoms with Gasteiger partial charge in [0.05, 0.1) is 13.2 Å². The van der Waals surface area contributed by atoms with Gasteiger partial charge in [-0.15, -0.1) is 0 Å². The molecule has 0 radical (unpaired) electrons. The highest BCUT2D eigenvalue weighted by molar-refractivity contribution is 5.26. The number of unbranched alkanes of at least 4 members (excludes halogenated alkanes) is 4. The molecule has 2 aliphatic rings. The van der Waals surface area contributed by atoms with Crippen LogP contribution < -0.4 is 0 Å². The standard InChI is InChI=1S/C26H42O2/c1-3-5-7-9-21-11-13-23(14-12-21)24-15-17-25(18-16-24)26-27-19-22(20-28-26)10-8-6-4-2/h11-14,22,24-26H,3-10,15-20H2,1-2H3/t22-,24-,25-,26-. The minimum Gasteiger partial charge on any atom is -0.352 e. The average molecular weight is 387 g/mol. The molecule has 2 heteroatoms. The van der Waals surface area contributed by atoms with Crippen LogP contribution in [0.2, 0.25) is 0 Å². The summed E-state index contributed by atoms with van der Waals surface area (Å²) >= 11 is 0. The van der Waals surface area contributed by atoms with E-state index in [0.717, 1.165) is 19.1 Å². The number of hydrogen-bond acceptors (Lipinski definition) is 2. The third-order valence-electron chi connectivity index (χ3n) is 6.89. The quantitative estimate of drug-likeness (QED) is 0.394. The molecule has 28 heavy (non-hydrogen) atoms. The van der Waals surface area contributed by atoms with Crippen LogP contribution in [0, 0.1) is 11.8 Å². The highest BCUT2D eigenvalue weighted by Gasteiger charge is 2.32. The Labute approximate surface area is 173 Å². The van der Waals surface area contributed by atoms with Crippen LogP contribution in [0.15, 0.2) is 24.3 Å². The fraction of sp³-hybridized carbons (Fsp3) is 0.769. The smallest absolute Gasteiger partial charge is 0.160 e. The Morgan fingerprint density at radius 2 is 1.43 bits per heavy atom. The number of hydrogen-bond donors (Lipinski definition) is 0. The van der Waals surface area contributed by atoms with Crippen LogP contribution in [0.25, 0.3) is 0 Å². The summed E-state index contributed by atoms with van der Waals surface area (Å²) < 4.78 is 12.3. The van der Waals surface area contributed by atoms with E-state index in [9.17, 15) is 0 Å². The molecule has 1 aromatic carbocycles. The number of ether oxygens (including phenoxy) is 2. The molecule has 1 aromatic rings.